The number of alkyl halides is 3. The van der Waals surface area contributed by atoms with Gasteiger partial charge < -0.3 is 14.8 Å². The zero-order valence-electron chi connectivity index (χ0n) is 19.7. The van der Waals surface area contributed by atoms with Crippen molar-refractivity contribution in [1.82, 2.24) is 14.8 Å². The normalized spacial score (nSPS) is 11.7. The van der Waals surface area contributed by atoms with Crippen LogP contribution in [0.15, 0.2) is 54.7 Å². The number of aromatic amines is 1. The minimum atomic E-state index is -4.42. The maximum absolute atomic E-state index is 13.3. The van der Waals surface area contributed by atoms with Gasteiger partial charge in [-0.15, -0.1) is 0 Å². The highest BCUT2D eigenvalue weighted by Crippen LogP contribution is 2.29. The summed E-state index contributed by atoms with van der Waals surface area (Å²) < 4.78 is 38.8. The van der Waals surface area contributed by atoms with E-state index in [2.05, 4.69) is 4.98 Å². The first kappa shape index (κ1) is 25.3. The van der Waals surface area contributed by atoms with E-state index in [0.717, 1.165) is 28.6 Å². The van der Waals surface area contributed by atoms with Crippen LogP contribution in [0.4, 0.5) is 13.2 Å². The number of carbonyl (C=O) groups is 2. The monoisotopic (exact) mass is 473 g/mol. The molecule has 3 aromatic rings. The summed E-state index contributed by atoms with van der Waals surface area (Å²) in [7, 11) is 0. The molecule has 0 fully saturated rings. The number of fused-ring (bicyclic) bond motifs is 1. The van der Waals surface area contributed by atoms with Gasteiger partial charge >= 0.3 is 6.18 Å². The fraction of sp³-hybridized carbons (Fsp3) is 0.385. The predicted octanol–water partition coefficient (Wildman–Crippen LogP) is 5.41. The van der Waals surface area contributed by atoms with Gasteiger partial charge in [0.25, 0.3) is 0 Å². The fourth-order valence-electron chi connectivity index (χ4n) is 3.91. The molecule has 0 aliphatic carbocycles. The first-order chi connectivity index (χ1) is 16.1. The summed E-state index contributed by atoms with van der Waals surface area (Å²) in [4.78, 5) is 32.0. The lowest BCUT2D eigenvalue weighted by atomic mass is 10.1. The van der Waals surface area contributed by atoms with Crippen LogP contribution in [-0.4, -0.2) is 45.7 Å². The summed E-state index contributed by atoms with van der Waals surface area (Å²) in [5.74, 6) is -0.357. The van der Waals surface area contributed by atoms with Gasteiger partial charge in [-0.25, -0.2) is 0 Å². The predicted molar refractivity (Wildman–Crippen MR) is 126 cm³/mol. The Morgan fingerprint density at radius 3 is 2.29 bits per heavy atom. The van der Waals surface area contributed by atoms with E-state index < -0.39 is 11.7 Å². The number of rotatable bonds is 9. The molecule has 0 aliphatic heterocycles. The Bertz CT molecular complexity index is 1120. The fourth-order valence-corrected chi connectivity index (χ4v) is 3.91. The zero-order valence-corrected chi connectivity index (χ0v) is 19.7. The highest BCUT2D eigenvalue weighted by molar-refractivity contribution is 5.85. The van der Waals surface area contributed by atoms with Gasteiger partial charge in [0.05, 0.1) is 12.1 Å². The van der Waals surface area contributed by atoms with Crippen molar-refractivity contribution in [2.75, 3.05) is 13.1 Å². The Balaban J connectivity index is 1.81. The van der Waals surface area contributed by atoms with Gasteiger partial charge in [0, 0.05) is 42.7 Å². The molecule has 0 aliphatic rings. The molecule has 0 saturated heterocycles. The molecule has 1 heterocycles. The largest absolute Gasteiger partial charge is 0.416 e. The van der Waals surface area contributed by atoms with Crippen LogP contribution in [0.1, 0.15) is 43.9 Å². The van der Waals surface area contributed by atoms with Crippen LogP contribution in [0.5, 0.6) is 0 Å². The summed E-state index contributed by atoms with van der Waals surface area (Å²) in [5, 5.41) is 1.06. The van der Waals surface area contributed by atoms with Gasteiger partial charge in [0.1, 0.15) is 0 Å². The van der Waals surface area contributed by atoms with E-state index in [4.69, 9.17) is 0 Å². The molecule has 3 rings (SSSR count). The van der Waals surface area contributed by atoms with E-state index >= 15 is 0 Å². The van der Waals surface area contributed by atoms with Crippen LogP contribution < -0.4 is 0 Å². The van der Waals surface area contributed by atoms with Gasteiger partial charge in [0.15, 0.2) is 0 Å². The molecule has 2 amide bonds. The van der Waals surface area contributed by atoms with Gasteiger partial charge in [-0.1, -0.05) is 37.3 Å². The number of nitrogens with one attached hydrogen (secondary N) is 1. The molecule has 5 nitrogen and oxygen atoms in total. The average molecular weight is 474 g/mol. The van der Waals surface area contributed by atoms with E-state index in [9.17, 15) is 22.8 Å². The molecule has 0 saturated carbocycles. The number of aromatic nitrogens is 1. The minimum absolute atomic E-state index is 0.0706. The smallest absolute Gasteiger partial charge is 0.361 e. The molecule has 1 N–H and O–H groups in total. The molecule has 0 spiro atoms. The van der Waals surface area contributed by atoms with Crippen LogP contribution in [-0.2, 0) is 28.7 Å². The Kier molecular flexibility index (Phi) is 8.02. The average Bonchev–Trinajstić information content (AvgIpc) is 3.22. The third-order valence-electron chi connectivity index (χ3n) is 5.89. The van der Waals surface area contributed by atoms with Crippen molar-refractivity contribution in [3.8, 4) is 0 Å². The summed E-state index contributed by atoms with van der Waals surface area (Å²) in [6.07, 6.45) is -1.65. The van der Waals surface area contributed by atoms with Crippen molar-refractivity contribution < 1.29 is 22.8 Å². The highest BCUT2D eigenvalue weighted by Gasteiger charge is 2.30. The summed E-state index contributed by atoms with van der Waals surface area (Å²) in [6, 6.07) is 12.6. The number of benzene rings is 2. The van der Waals surface area contributed by atoms with Crippen molar-refractivity contribution in [2.24, 2.45) is 0 Å². The van der Waals surface area contributed by atoms with E-state index in [-0.39, 0.29) is 30.9 Å². The summed E-state index contributed by atoms with van der Waals surface area (Å²) in [6.45, 7) is 5.91. The lowest BCUT2D eigenvalue weighted by Crippen LogP contribution is -2.46. The Labute approximate surface area is 197 Å². The molecular weight excluding hydrogens is 443 g/mol. The number of hydrogen-bond donors (Lipinski definition) is 1. The van der Waals surface area contributed by atoms with Gasteiger partial charge in [0.2, 0.25) is 11.8 Å². The van der Waals surface area contributed by atoms with Gasteiger partial charge in [-0.3, -0.25) is 9.59 Å². The van der Waals surface area contributed by atoms with Crippen LogP contribution in [0.2, 0.25) is 0 Å². The van der Waals surface area contributed by atoms with Gasteiger partial charge in [-0.2, -0.15) is 13.2 Å². The van der Waals surface area contributed by atoms with E-state index in [1.165, 1.54) is 17.0 Å². The Hall–Kier alpha value is -3.29. The second-order valence-electron chi connectivity index (χ2n) is 8.59. The molecular formula is C26H30F3N3O2. The van der Waals surface area contributed by atoms with Crippen molar-refractivity contribution >= 4 is 22.7 Å². The first-order valence-electron chi connectivity index (χ1n) is 11.4. The molecule has 0 atom stereocenters. The van der Waals surface area contributed by atoms with E-state index in [1.807, 2.05) is 44.3 Å². The Morgan fingerprint density at radius 1 is 1.00 bits per heavy atom. The zero-order chi connectivity index (χ0) is 24.9. The molecule has 0 unspecified atom stereocenters. The number of amides is 2. The number of hydrogen-bond acceptors (Lipinski definition) is 2. The maximum atomic E-state index is 13.3. The summed E-state index contributed by atoms with van der Waals surface area (Å²) >= 11 is 0. The minimum Gasteiger partial charge on any atom is -0.361 e. The molecule has 1 aromatic heterocycles. The number of para-hydroxylation sites is 1. The van der Waals surface area contributed by atoms with E-state index in [1.54, 1.807) is 11.8 Å². The van der Waals surface area contributed by atoms with Crippen LogP contribution in [0.3, 0.4) is 0 Å². The van der Waals surface area contributed by atoms with Crippen molar-refractivity contribution in [1.29, 1.82) is 0 Å². The number of carbonyl (C=O) groups excluding carboxylic acids is 2. The quantitative estimate of drug-likeness (QED) is 0.452. The van der Waals surface area contributed by atoms with E-state index in [0.29, 0.717) is 24.9 Å². The molecule has 34 heavy (non-hydrogen) atoms. The molecule has 8 heteroatoms. The lowest BCUT2D eigenvalue weighted by molar-refractivity contribution is -0.142. The number of halogens is 3. The number of nitrogens with zero attached hydrogens (tertiary/aromatic N) is 2. The van der Waals surface area contributed by atoms with Crippen molar-refractivity contribution in [3.63, 3.8) is 0 Å². The number of H-pyrrole nitrogens is 1. The van der Waals surface area contributed by atoms with Crippen molar-refractivity contribution in [2.45, 2.75) is 52.4 Å². The first-order valence-corrected chi connectivity index (χ1v) is 11.4. The van der Waals surface area contributed by atoms with Gasteiger partial charge in [-0.05, 0) is 49.6 Å². The molecule has 0 bridgehead atoms. The standard InChI is InChI=1S/C26H30F3N3O2/c1-4-24(33)32(18(2)3)17-25(34)31(16-19-9-11-21(12-10-19)26(27,28)29)14-13-20-15-30-23-8-6-5-7-22(20)23/h5-12,15,18,30H,4,13-14,16-17H2,1-3H3. The molecule has 2 aromatic carbocycles. The second-order valence-corrected chi connectivity index (χ2v) is 8.59. The highest BCUT2D eigenvalue weighted by atomic mass is 19.4. The summed E-state index contributed by atoms with van der Waals surface area (Å²) in [5.41, 5.74) is 1.91. The third-order valence-corrected chi connectivity index (χ3v) is 5.89. The van der Waals surface area contributed by atoms with Crippen LogP contribution in [0.25, 0.3) is 10.9 Å². The lowest BCUT2D eigenvalue weighted by Gasteiger charge is -2.30. The third kappa shape index (κ3) is 6.18. The van der Waals surface area contributed by atoms with Crippen LogP contribution >= 0.6 is 0 Å². The topological polar surface area (TPSA) is 56.4 Å². The molecule has 182 valence electrons. The van der Waals surface area contributed by atoms with Crippen LogP contribution in [0, 0.1) is 0 Å². The molecule has 0 radical (unpaired) electrons. The Morgan fingerprint density at radius 2 is 1.68 bits per heavy atom. The maximum Gasteiger partial charge on any atom is 0.416 e. The second kappa shape index (κ2) is 10.8. The van der Waals surface area contributed by atoms with Crippen molar-refractivity contribution in [3.05, 3.63) is 71.4 Å². The SMILES string of the molecule is CCC(=O)N(CC(=O)N(CCc1c[nH]c2ccccc12)Cc1ccc(C(F)(F)F)cc1)C(C)C.